The van der Waals surface area contributed by atoms with E-state index in [0.29, 0.717) is 19.4 Å². The van der Waals surface area contributed by atoms with Crippen molar-refractivity contribution in [2.75, 3.05) is 20.2 Å². The van der Waals surface area contributed by atoms with Gasteiger partial charge in [0.25, 0.3) is 0 Å². The summed E-state index contributed by atoms with van der Waals surface area (Å²) in [4.78, 5) is 2.39. The molecule has 1 atom stereocenters. The van der Waals surface area contributed by atoms with Gasteiger partial charge in [0.1, 0.15) is 11.6 Å². The first-order valence-corrected chi connectivity index (χ1v) is 11.2. The summed E-state index contributed by atoms with van der Waals surface area (Å²) in [6.45, 7) is 7.25. The Balaban J connectivity index is 1.47. The highest BCUT2D eigenvalue weighted by molar-refractivity contribution is 5.38. The van der Waals surface area contributed by atoms with Gasteiger partial charge in [-0.15, -0.1) is 0 Å². The molecule has 1 unspecified atom stereocenters. The first-order chi connectivity index (χ1) is 15.4. The van der Waals surface area contributed by atoms with Crippen LogP contribution in [0.3, 0.4) is 0 Å². The topological polar surface area (TPSA) is 50.5 Å². The van der Waals surface area contributed by atoms with Crippen molar-refractivity contribution in [2.45, 2.75) is 51.8 Å². The fourth-order valence-electron chi connectivity index (χ4n) is 4.69. The van der Waals surface area contributed by atoms with Crippen LogP contribution in [0.4, 0.5) is 4.39 Å². The lowest BCUT2D eigenvalue weighted by Crippen LogP contribution is -2.29. The van der Waals surface area contributed by atoms with Gasteiger partial charge in [0, 0.05) is 24.3 Å². The van der Waals surface area contributed by atoms with Crippen LogP contribution in [0.25, 0.3) is 0 Å². The van der Waals surface area contributed by atoms with Crippen LogP contribution in [0.2, 0.25) is 0 Å². The van der Waals surface area contributed by atoms with Gasteiger partial charge in [-0.05, 0) is 81.1 Å². The van der Waals surface area contributed by atoms with E-state index in [2.05, 4.69) is 35.1 Å². The van der Waals surface area contributed by atoms with Crippen LogP contribution in [0.15, 0.2) is 48.5 Å². The monoisotopic (exact) mass is 437 g/mol. The van der Waals surface area contributed by atoms with E-state index < -0.39 is 5.60 Å². The van der Waals surface area contributed by atoms with Gasteiger partial charge in [-0.1, -0.05) is 18.2 Å². The zero-order valence-corrected chi connectivity index (χ0v) is 19.1. The summed E-state index contributed by atoms with van der Waals surface area (Å²) in [5, 5.41) is 15.8. The van der Waals surface area contributed by atoms with Crippen LogP contribution in [0, 0.1) is 19.7 Å². The van der Waals surface area contributed by atoms with E-state index in [1.807, 2.05) is 17.7 Å². The lowest BCUT2D eigenvalue weighted by Gasteiger charge is -2.27. The number of methoxy groups -OCH3 is 1. The Morgan fingerprint density at radius 2 is 1.81 bits per heavy atom. The first kappa shape index (κ1) is 22.5. The minimum absolute atomic E-state index is 0.275. The van der Waals surface area contributed by atoms with Crippen molar-refractivity contribution in [1.82, 2.24) is 14.7 Å². The molecule has 1 aliphatic heterocycles. The largest absolute Gasteiger partial charge is 0.496 e. The summed E-state index contributed by atoms with van der Waals surface area (Å²) in [5.74, 6) is 0.589. The maximum Gasteiger partial charge on any atom is 0.123 e. The van der Waals surface area contributed by atoms with Crippen LogP contribution in [-0.2, 0) is 18.7 Å². The number of aryl methyl sites for hydroxylation is 2. The van der Waals surface area contributed by atoms with E-state index in [1.54, 1.807) is 19.2 Å². The second-order valence-corrected chi connectivity index (χ2v) is 8.90. The average molecular weight is 438 g/mol. The molecule has 2 heterocycles. The smallest absolute Gasteiger partial charge is 0.123 e. The van der Waals surface area contributed by atoms with Crippen LogP contribution in [-0.4, -0.2) is 40.0 Å². The third-order valence-corrected chi connectivity index (χ3v) is 6.46. The van der Waals surface area contributed by atoms with Crippen LogP contribution in [0.1, 0.15) is 47.3 Å². The molecule has 0 radical (unpaired) electrons. The van der Waals surface area contributed by atoms with Gasteiger partial charge in [-0.25, -0.2) is 4.39 Å². The second-order valence-electron chi connectivity index (χ2n) is 8.90. The number of rotatable bonds is 6. The quantitative estimate of drug-likeness (QED) is 0.614. The second kappa shape index (κ2) is 9.43. The molecule has 0 aliphatic carbocycles. The summed E-state index contributed by atoms with van der Waals surface area (Å²) in [7, 11) is 1.70. The van der Waals surface area contributed by atoms with Gasteiger partial charge in [0.2, 0.25) is 0 Å². The number of hydrogen-bond donors (Lipinski definition) is 1. The van der Waals surface area contributed by atoms with Gasteiger partial charge >= 0.3 is 0 Å². The van der Waals surface area contributed by atoms with Crippen LogP contribution < -0.4 is 4.74 Å². The molecule has 1 fully saturated rings. The molecule has 32 heavy (non-hydrogen) atoms. The molecular weight excluding hydrogens is 405 g/mol. The molecule has 3 aromatic rings. The molecular formula is C26H32FN3O2. The Labute approximate surface area is 189 Å². The SMILES string of the molecule is COc1ccc(CN2CCCC(O)(c3ccc(F)cc3)CC2)cc1Cn1nc(C)cc1C. The third kappa shape index (κ3) is 5.03. The summed E-state index contributed by atoms with van der Waals surface area (Å²) in [6, 6.07) is 14.7. The molecule has 2 aromatic carbocycles. The fraction of sp³-hybridized carbons (Fsp3) is 0.423. The number of ether oxygens (including phenoxy) is 1. The Morgan fingerprint density at radius 1 is 1.03 bits per heavy atom. The minimum atomic E-state index is -0.900. The van der Waals surface area contributed by atoms with E-state index in [9.17, 15) is 9.50 Å². The number of aliphatic hydroxyl groups is 1. The number of likely N-dealkylation sites (tertiary alicyclic amines) is 1. The molecule has 4 rings (SSSR count). The zero-order valence-electron chi connectivity index (χ0n) is 19.1. The molecule has 0 amide bonds. The van der Waals surface area contributed by atoms with Gasteiger partial charge in [0.05, 0.1) is 24.9 Å². The van der Waals surface area contributed by atoms with E-state index in [0.717, 1.165) is 54.3 Å². The molecule has 5 nitrogen and oxygen atoms in total. The fourth-order valence-corrected chi connectivity index (χ4v) is 4.69. The molecule has 0 saturated carbocycles. The van der Waals surface area contributed by atoms with Gasteiger partial charge < -0.3 is 9.84 Å². The highest BCUT2D eigenvalue weighted by atomic mass is 19.1. The maximum absolute atomic E-state index is 13.3. The lowest BCUT2D eigenvalue weighted by atomic mass is 9.87. The predicted molar refractivity (Wildman–Crippen MR) is 123 cm³/mol. The van der Waals surface area contributed by atoms with Crippen molar-refractivity contribution in [1.29, 1.82) is 0 Å². The number of aromatic nitrogens is 2. The van der Waals surface area contributed by atoms with E-state index in [-0.39, 0.29) is 5.82 Å². The minimum Gasteiger partial charge on any atom is -0.496 e. The highest BCUT2D eigenvalue weighted by Crippen LogP contribution is 2.33. The Hall–Kier alpha value is -2.70. The number of halogens is 1. The standard InChI is InChI=1S/C26H32FN3O2/c1-19-15-20(2)30(28-19)18-22-16-21(5-10-25(22)32-3)17-29-13-4-11-26(31,12-14-29)23-6-8-24(27)9-7-23/h5-10,15-16,31H,4,11-14,17-18H2,1-3H3. The van der Waals surface area contributed by atoms with Crippen molar-refractivity contribution < 1.29 is 14.2 Å². The third-order valence-electron chi connectivity index (χ3n) is 6.46. The maximum atomic E-state index is 13.3. The molecule has 1 aromatic heterocycles. The van der Waals surface area contributed by atoms with Gasteiger partial charge in [0.15, 0.2) is 0 Å². The average Bonchev–Trinajstić information content (AvgIpc) is 2.96. The van der Waals surface area contributed by atoms with E-state index >= 15 is 0 Å². The van der Waals surface area contributed by atoms with Crippen molar-refractivity contribution in [3.8, 4) is 5.75 Å². The van der Waals surface area contributed by atoms with Gasteiger partial charge in [-0.3, -0.25) is 9.58 Å². The van der Waals surface area contributed by atoms with Crippen molar-refractivity contribution >= 4 is 0 Å². The van der Waals surface area contributed by atoms with Crippen LogP contribution >= 0.6 is 0 Å². The summed E-state index contributed by atoms with van der Waals surface area (Å²) in [6.07, 6.45) is 2.21. The van der Waals surface area contributed by atoms with Crippen molar-refractivity contribution in [2.24, 2.45) is 0 Å². The lowest BCUT2D eigenvalue weighted by molar-refractivity contribution is 0.0209. The number of hydrogen-bond acceptors (Lipinski definition) is 4. The number of nitrogens with zero attached hydrogens (tertiary/aromatic N) is 3. The Kier molecular flexibility index (Phi) is 6.63. The summed E-state index contributed by atoms with van der Waals surface area (Å²) in [5.41, 5.74) is 4.36. The molecule has 0 spiro atoms. The van der Waals surface area contributed by atoms with E-state index in [1.165, 1.54) is 17.7 Å². The molecule has 6 heteroatoms. The van der Waals surface area contributed by atoms with E-state index in [4.69, 9.17) is 4.74 Å². The Bertz CT molecular complexity index is 1060. The normalized spacial score (nSPS) is 19.7. The first-order valence-electron chi connectivity index (χ1n) is 11.2. The zero-order chi connectivity index (χ0) is 22.7. The summed E-state index contributed by atoms with van der Waals surface area (Å²) >= 11 is 0. The van der Waals surface area contributed by atoms with Crippen LogP contribution in [0.5, 0.6) is 5.75 Å². The van der Waals surface area contributed by atoms with Crippen molar-refractivity contribution in [3.63, 3.8) is 0 Å². The summed E-state index contributed by atoms with van der Waals surface area (Å²) < 4.78 is 20.9. The molecule has 0 bridgehead atoms. The Morgan fingerprint density at radius 3 is 2.50 bits per heavy atom. The predicted octanol–water partition coefficient (Wildman–Crippen LogP) is 4.57. The molecule has 170 valence electrons. The van der Waals surface area contributed by atoms with Crippen molar-refractivity contribution in [3.05, 3.63) is 82.4 Å². The molecule has 1 N–H and O–H groups in total. The highest BCUT2D eigenvalue weighted by Gasteiger charge is 2.32. The molecule has 1 aliphatic rings. The van der Waals surface area contributed by atoms with Gasteiger partial charge in [-0.2, -0.15) is 5.10 Å². The number of benzene rings is 2. The molecule has 1 saturated heterocycles.